The summed E-state index contributed by atoms with van der Waals surface area (Å²) in [6.07, 6.45) is -0.637. The minimum Gasteiger partial charge on any atom is -0.478 e. The lowest BCUT2D eigenvalue weighted by molar-refractivity contribution is -0.155. The van der Waals surface area contributed by atoms with Crippen LogP contribution in [0.5, 0.6) is 0 Å². The van der Waals surface area contributed by atoms with Crippen LogP contribution >= 0.6 is 0 Å². The molecule has 1 fully saturated rings. The number of aromatic nitrogens is 2. The third kappa shape index (κ3) is 9.58. The molecule has 1 aliphatic heterocycles. The van der Waals surface area contributed by atoms with Crippen molar-refractivity contribution in [2.45, 2.75) is 52.2 Å². The number of rotatable bonds is 10. The maximum atomic E-state index is 13.8. The first-order valence-corrected chi connectivity index (χ1v) is 15.4. The molecule has 2 N–H and O–H groups in total. The molecule has 1 aromatic heterocycles. The Morgan fingerprint density at radius 3 is 2.19 bits per heavy atom. The van der Waals surface area contributed by atoms with Gasteiger partial charge < -0.3 is 29.7 Å². The zero-order chi connectivity index (χ0) is 34.1. The van der Waals surface area contributed by atoms with E-state index in [0.717, 1.165) is 0 Å². The number of carboxylic acid groups (broad SMARTS) is 1. The summed E-state index contributed by atoms with van der Waals surface area (Å²) in [6, 6.07) is 15.4. The first-order valence-electron chi connectivity index (χ1n) is 15.4. The quantitative estimate of drug-likeness (QED) is 0.307. The molecule has 13 heteroatoms. The topological polar surface area (TPSA) is 168 Å². The van der Waals surface area contributed by atoms with Crippen LogP contribution in [0.2, 0.25) is 0 Å². The van der Waals surface area contributed by atoms with Crippen LogP contribution in [0.15, 0.2) is 60.7 Å². The van der Waals surface area contributed by atoms with Gasteiger partial charge in [0.2, 0.25) is 5.91 Å². The van der Waals surface area contributed by atoms with Crippen LogP contribution in [0, 0.1) is 0 Å². The van der Waals surface area contributed by atoms with Crippen molar-refractivity contribution in [3.05, 3.63) is 71.9 Å². The molecule has 3 amide bonds. The van der Waals surface area contributed by atoms with Gasteiger partial charge in [-0.3, -0.25) is 14.4 Å². The number of esters is 1. The minimum atomic E-state index is -1.11. The van der Waals surface area contributed by atoms with E-state index in [1.54, 1.807) is 64.1 Å². The highest BCUT2D eigenvalue weighted by Crippen LogP contribution is 2.24. The SMILES string of the molecule is CCOC(=O)N1CCN(C(=O)C(CCC(=O)OC(C)(C)C)NC(=O)c2cc(-c3cccc(C(=O)O)c3)nc(-c3ccccc3)n2)CC1. The molecule has 1 unspecified atom stereocenters. The van der Waals surface area contributed by atoms with Gasteiger partial charge in [0.05, 0.1) is 17.9 Å². The van der Waals surface area contributed by atoms with Gasteiger partial charge in [-0.2, -0.15) is 0 Å². The van der Waals surface area contributed by atoms with Gasteiger partial charge in [0, 0.05) is 43.7 Å². The van der Waals surface area contributed by atoms with E-state index in [1.807, 2.05) is 6.07 Å². The van der Waals surface area contributed by atoms with Crippen LogP contribution in [0.25, 0.3) is 22.6 Å². The van der Waals surface area contributed by atoms with Gasteiger partial charge in [-0.15, -0.1) is 0 Å². The van der Waals surface area contributed by atoms with E-state index in [4.69, 9.17) is 9.47 Å². The van der Waals surface area contributed by atoms with Gasteiger partial charge in [-0.25, -0.2) is 19.6 Å². The number of carbonyl (C=O) groups is 5. The highest BCUT2D eigenvalue weighted by atomic mass is 16.6. The molecule has 248 valence electrons. The molecular formula is C34H39N5O8. The van der Waals surface area contributed by atoms with Crippen molar-refractivity contribution in [3.63, 3.8) is 0 Å². The number of benzene rings is 2. The summed E-state index contributed by atoms with van der Waals surface area (Å²) in [5.74, 6) is -2.52. The van der Waals surface area contributed by atoms with E-state index < -0.39 is 41.5 Å². The molecule has 13 nitrogen and oxygen atoms in total. The standard InChI is InChI=1S/C34H39N5O8/c1-5-46-33(45)39-18-16-38(17-19-39)31(42)25(14-15-28(40)47-34(2,3)4)37-30(41)27-21-26(23-12-9-13-24(20-23)32(43)44)35-29(36-27)22-10-7-6-8-11-22/h6-13,20-21,25H,5,14-19H2,1-4H3,(H,37,41)(H,43,44). The molecule has 3 aromatic rings. The zero-order valence-electron chi connectivity index (χ0n) is 26.9. The van der Waals surface area contributed by atoms with Crippen LogP contribution < -0.4 is 5.32 Å². The number of piperazine rings is 1. The van der Waals surface area contributed by atoms with Crippen LogP contribution in [-0.4, -0.2) is 99.1 Å². The maximum absolute atomic E-state index is 13.8. The lowest BCUT2D eigenvalue weighted by Gasteiger charge is -2.36. The fourth-order valence-electron chi connectivity index (χ4n) is 4.93. The molecular weight excluding hydrogens is 606 g/mol. The Hall–Kier alpha value is -5.33. The number of nitrogens with one attached hydrogen (secondary N) is 1. The molecule has 0 radical (unpaired) electrons. The first-order chi connectivity index (χ1) is 22.3. The van der Waals surface area contributed by atoms with E-state index in [1.165, 1.54) is 28.0 Å². The van der Waals surface area contributed by atoms with Gasteiger partial charge in [-0.05, 0) is 52.3 Å². The third-order valence-electron chi connectivity index (χ3n) is 7.17. The van der Waals surface area contributed by atoms with Gasteiger partial charge in [0.15, 0.2) is 5.82 Å². The van der Waals surface area contributed by atoms with Gasteiger partial charge in [-0.1, -0.05) is 42.5 Å². The summed E-state index contributed by atoms with van der Waals surface area (Å²) in [6.45, 7) is 8.10. The summed E-state index contributed by atoms with van der Waals surface area (Å²) in [7, 11) is 0. The molecule has 0 spiro atoms. The highest BCUT2D eigenvalue weighted by Gasteiger charge is 2.32. The minimum absolute atomic E-state index is 0.0400. The number of aromatic carboxylic acids is 1. The normalized spacial score (nSPS) is 13.8. The lowest BCUT2D eigenvalue weighted by Crippen LogP contribution is -2.56. The average Bonchev–Trinajstić information content (AvgIpc) is 3.05. The molecule has 0 bridgehead atoms. The van der Waals surface area contributed by atoms with Crippen molar-refractivity contribution in [1.29, 1.82) is 0 Å². The second kappa shape index (κ2) is 15.3. The van der Waals surface area contributed by atoms with Crippen LogP contribution in [0.3, 0.4) is 0 Å². The summed E-state index contributed by atoms with van der Waals surface area (Å²) < 4.78 is 10.5. The predicted molar refractivity (Wildman–Crippen MR) is 171 cm³/mol. The van der Waals surface area contributed by atoms with E-state index >= 15 is 0 Å². The van der Waals surface area contributed by atoms with E-state index in [-0.39, 0.29) is 62.7 Å². The summed E-state index contributed by atoms with van der Waals surface area (Å²) >= 11 is 0. The molecule has 0 saturated carbocycles. The number of carbonyl (C=O) groups excluding carboxylic acids is 4. The van der Waals surface area contributed by atoms with Crippen molar-refractivity contribution in [3.8, 4) is 22.6 Å². The Morgan fingerprint density at radius 2 is 1.55 bits per heavy atom. The Kier molecular flexibility index (Phi) is 11.2. The number of ether oxygens (including phenoxy) is 2. The van der Waals surface area contributed by atoms with Crippen LogP contribution in [0.4, 0.5) is 4.79 Å². The Labute approximate surface area is 272 Å². The fraction of sp³-hybridized carbons (Fsp3) is 0.382. The largest absolute Gasteiger partial charge is 0.478 e. The third-order valence-corrected chi connectivity index (χ3v) is 7.17. The van der Waals surface area contributed by atoms with E-state index in [0.29, 0.717) is 16.8 Å². The Bertz CT molecular complexity index is 1610. The van der Waals surface area contributed by atoms with E-state index in [2.05, 4.69) is 15.3 Å². The number of amides is 3. The molecule has 1 atom stereocenters. The predicted octanol–water partition coefficient (Wildman–Crippen LogP) is 4.03. The van der Waals surface area contributed by atoms with Crippen LogP contribution in [-0.2, 0) is 19.1 Å². The van der Waals surface area contributed by atoms with Crippen molar-refractivity contribution in [1.82, 2.24) is 25.1 Å². The first kappa shape index (κ1) is 34.5. The number of hydrogen-bond donors (Lipinski definition) is 2. The number of carboxylic acids is 1. The second-order valence-electron chi connectivity index (χ2n) is 11.9. The van der Waals surface area contributed by atoms with Gasteiger partial charge >= 0.3 is 18.0 Å². The molecule has 1 saturated heterocycles. The fourth-order valence-corrected chi connectivity index (χ4v) is 4.93. The average molecular weight is 646 g/mol. The molecule has 47 heavy (non-hydrogen) atoms. The Balaban J connectivity index is 1.63. The van der Waals surface area contributed by atoms with E-state index in [9.17, 15) is 29.1 Å². The molecule has 1 aliphatic rings. The second-order valence-corrected chi connectivity index (χ2v) is 11.9. The van der Waals surface area contributed by atoms with Gasteiger partial charge in [0.1, 0.15) is 17.3 Å². The summed E-state index contributed by atoms with van der Waals surface area (Å²) in [4.78, 5) is 76.1. The lowest BCUT2D eigenvalue weighted by atomic mass is 10.1. The summed E-state index contributed by atoms with van der Waals surface area (Å²) in [5, 5.41) is 12.3. The van der Waals surface area contributed by atoms with Crippen molar-refractivity contribution < 1.29 is 38.6 Å². The zero-order valence-corrected chi connectivity index (χ0v) is 26.9. The Morgan fingerprint density at radius 1 is 0.894 bits per heavy atom. The monoisotopic (exact) mass is 645 g/mol. The van der Waals surface area contributed by atoms with Crippen LogP contribution in [0.1, 0.15) is 61.4 Å². The molecule has 2 aromatic carbocycles. The van der Waals surface area contributed by atoms with Crippen molar-refractivity contribution >= 4 is 29.8 Å². The maximum Gasteiger partial charge on any atom is 0.409 e. The number of hydrogen-bond acceptors (Lipinski definition) is 9. The molecule has 4 rings (SSSR count). The highest BCUT2D eigenvalue weighted by molar-refractivity contribution is 5.97. The molecule has 2 heterocycles. The molecule has 0 aliphatic carbocycles. The smallest absolute Gasteiger partial charge is 0.409 e. The summed E-state index contributed by atoms with van der Waals surface area (Å²) in [5.41, 5.74) is 0.636. The van der Waals surface area contributed by atoms with Crippen molar-refractivity contribution in [2.24, 2.45) is 0 Å². The van der Waals surface area contributed by atoms with Crippen molar-refractivity contribution in [2.75, 3.05) is 32.8 Å². The van der Waals surface area contributed by atoms with Gasteiger partial charge in [0.25, 0.3) is 5.91 Å². The number of nitrogens with zero attached hydrogens (tertiary/aromatic N) is 4.